The molecule has 0 spiro atoms. The van der Waals surface area contributed by atoms with Gasteiger partial charge in [0, 0.05) is 13.3 Å². The number of hydrogen-bond donors (Lipinski definition) is 1. The number of aryl methyl sites for hydroxylation is 1. The molecule has 0 saturated carbocycles. The summed E-state index contributed by atoms with van der Waals surface area (Å²) in [6, 6.07) is 6.26. The molecule has 8 nitrogen and oxygen atoms in total. The Bertz CT molecular complexity index is 842. The van der Waals surface area contributed by atoms with Crippen molar-refractivity contribution in [3.05, 3.63) is 42.1 Å². The third kappa shape index (κ3) is 4.98. The van der Waals surface area contributed by atoms with E-state index in [0.29, 0.717) is 24.7 Å². The first-order valence-corrected chi connectivity index (χ1v) is 9.57. The van der Waals surface area contributed by atoms with Crippen molar-refractivity contribution in [1.29, 1.82) is 0 Å². The molecular formula is C17H22N2O6S. The largest absolute Gasteiger partial charge is 0.493 e. The van der Waals surface area contributed by atoms with E-state index in [-0.39, 0.29) is 5.69 Å². The van der Waals surface area contributed by atoms with E-state index in [1.54, 1.807) is 25.3 Å². The third-order valence-electron chi connectivity index (χ3n) is 3.60. The average Bonchev–Trinajstić information content (AvgIpc) is 2.98. The van der Waals surface area contributed by atoms with Crippen LogP contribution >= 0.6 is 0 Å². The zero-order chi connectivity index (χ0) is 19.3. The molecule has 9 heteroatoms. The molecule has 1 aromatic heterocycles. The van der Waals surface area contributed by atoms with Crippen LogP contribution in [0.1, 0.15) is 25.4 Å². The molecule has 26 heavy (non-hydrogen) atoms. The zero-order valence-corrected chi connectivity index (χ0v) is 15.7. The minimum Gasteiger partial charge on any atom is -0.493 e. The van der Waals surface area contributed by atoms with Crippen LogP contribution in [0.5, 0.6) is 5.75 Å². The lowest BCUT2D eigenvalue weighted by Crippen LogP contribution is -2.40. The Morgan fingerprint density at radius 3 is 2.46 bits per heavy atom. The van der Waals surface area contributed by atoms with E-state index < -0.39 is 27.8 Å². The summed E-state index contributed by atoms with van der Waals surface area (Å²) in [5.74, 6) is -0.0853. The molecule has 0 aliphatic rings. The van der Waals surface area contributed by atoms with Crippen molar-refractivity contribution in [3.8, 4) is 5.75 Å². The Kier molecular flexibility index (Phi) is 6.25. The van der Waals surface area contributed by atoms with Gasteiger partial charge < -0.3 is 14.3 Å². The minimum absolute atomic E-state index is 0.278. The van der Waals surface area contributed by atoms with E-state index in [1.165, 1.54) is 26.0 Å². The number of aliphatic carboxylic acids is 1. The molecule has 0 radical (unpaired) electrons. The molecule has 142 valence electrons. The lowest BCUT2D eigenvalue weighted by Gasteiger charge is -2.25. The number of carbonyl (C=O) groups is 1. The second kappa shape index (κ2) is 8.22. The fraction of sp³-hybridized carbons (Fsp3) is 0.412. The highest BCUT2D eigenvalue weighted by atomic mass is 32.2. The van der Waals surface area contributed by atoms with Crippen LogP contribution < -0.4 is 9.04 Å². The first kappa shape index (κ1) is 19.8. The number of sulfonamides is 1. The Hall–Kier alpha value is -2.55. The van der Waals surface area contributed by atoms with Crippen LogP contribution in [0.25, 0.3) is 0 Å². The molecule has 0 atom stereocenters. The van der Waals surface area contributed by atoms with Crippen molar-refractivity contribution in [2.75, 3.05) is 17.5 Å². The van der Waals surface area contributed by atoms with Crippen molar-refractivity contribution in [2.24, 2.45) is 0 Å². The molecular weight excluding hydrogens is 360 g/mol. The molecule has 0 unspecified atom stereocenters. The minimum atomic E-state index is -3.76. The van der Waals surface area contributed by atoms with Gasteiger partial charge in [0.05, 0.1) is 23.2 Å². The number of rotatable bonds is 9. The lowest BCUT2D eigenvalue weighted by molar-refractivity contribution is -0.135. The van der Waals surface area contributed by atoms with Gasteiger partial charge >= 0.3 is 5.97 Å². The van der Waals surface area contributed by atoms with E-state index in [9.17, 15) is 13.2 Å². The maximum absolute atomic E-state index is 12.4. The summed E-state index contributed by atoms with van der Waals surface area (Å²) in [6.45, 7) is 4.53. The standard InChI is InChI=1S/C17H22N2O6S/c1-12(2)26(22,23)19(10-17(20)21)15-4-6-16(7-5-15)24-9-8-14-11-25-13(3)18-14/h4-7,11-12H,8-10H2,1-3H3,(H,20,21). The van der Waals surface area contributed by atoms with Crippen molar-refractivity contribution in [2.45, 2.75) is 32.4 Å². The number of hydrogen-bond acceptors (Lipinski definition) is 6. The summed E-state index contributed by atoms with van der Waals surface area (Å²) >= 11 is 0. The maximum Gasteiger partial charge on any atom is 0.324 e. The molecule has 1 N–H and O–H groups in total. The first-order valence-electron chi connectivity index (χ1n) is 8.07. The second-order valence-corrected chi connectivity index (χ2v) is 8.36. The van der Waals surface area contributed by atoms with Gasteiger partial charge in [0.15, 0.2) is 5.89 Å². The van der Waals surface area contributed by atoms with Gasteiger partial charge in [-0.3, -0.25) is 9.10 Å². The van der Waals surface area contributed by atoms with Crippen LogP contribution in [0.15, 0.2) is 34.9 Å². The highest BCUT2D eigenvalue weighted by Crippen LogP contribution is 2.24. The molecule has 0 aliphatic heterocycles. The summed E-state index contributed by atoms with van der Waals surface area (Å²) in [5.41, 5.74) is 1.07. The molecule has 0 fully saturated rings. The number of benzene rings is 1. The summed E-state index contributed by atoms with van der Waals surface area (Å²) in [4.78, 5) is 15.2. The van der Waals surface area contributed by atoms with Crippen molar-refractivity contribution in [1.82, 2.24) is 4.98 Å². The number of aromatic nitrogens is 1. The van der Waals surface area contributed by atoms with Gasteiger partial charge in [-0.25, -0.2) is 13.4 Å². The van der Waals surface area contributed by atoms with Gasteiger partial charge in [-0.2, -0.15) is 0 Å². The van der Waals surface area contributed by atoms with E-state index in [0.717, 1.165) is 10.00 Å². The van der Waals surface area contributed by atoms with Gasteiger partial charge in [0.25, 0.3) is 0 Å². The van der Waals surface area contributed by atoms with Gasteiger partial charge in [-0.05, 0) is 38.1 Å². The van der Waals surface area contributed by atoms with Crippen molar-refractivity contribution >= 4 is 21.7 Å². The highest BCUT2D eigenvalue weighted by Gasteiger charge is 2.28. The predicted molar refractivity (Wildman–Crippen MR) is 95.9 cm³/mol. The summed E-state index contributed by atoms with van der Waals surface area (Å²) in [6.07, 6.45) is 2.15. The van der Waals surface area contributed by atoms with Crippen LogP contribution in [0.4, 0.5) is 5.69 Å². The van der Waals surface area contributed by atoms with Crippen LogP contribution in [-0.4, -0.2) is 42.9 Å². The van der Waals surface area contributed by atoms with Crippen LogP contribution in [0.3, 0.4) is 0 Å². The Balaban J connectivity index is 2.06. The second-order valence-electron chi connectivity index (χ2n) is 5.94. The zero-order valence-electron chi connectivity index (χ0n) is 14.9. The number of oxazole rings is 1. The molecule has 2 aromatic rings. The van der Waals surface area contributed by atoms with Crippen molar-refractivity contribution < 1.29 is 27.5 Å². The van der Waals surface area contributed by atoms with Crippen LogP contribution in [0.2, 0.25) is 0 Å². The smallest absolute Gasteiger partial charge is 0.324 e. The SMILES string of the molecule is Cc1nc(CCOc2ccc(N(CC(=O)O)S(=O)(=O)C(C)C)cc2)co1. The number of carboxylic acids is 1. The lowest BCUT2D eigenvalue weighted by atomic mass is 10.3. The summed E-state index contributed by atoms with van der Waals surface area (Å²) < 4.78 is 36.4. The number of ether oxygens (including phenoxy) is 1. The first-order chi connectivity index (χ1) is 12.2. The highest BCUT2D eigenvalue weighted by molar-refractivity contribution is 7.93. The maximum atomic E-state index is 12.4. The topological polar surface area (TPSA) is 110 Å². The molecule has 0 saturated heterocycles. The fourth-order valence-electron chi connectivity index (χ4n) is 2.21. The van der Waals surface area contributed by atoms with Crippen LogP contribution in [-0.2, 0) is 21.2 Å². The summed E-state index contributed by atoms with van der Waals surface area (Å²) in [7, 11) is -3.76. The van der Waals surface area contributed by atoms with E-state index in [1.807, 2.05) is 0 Å². The van der Waals surface area contributed by atoms with E-state index >= 15 is 0 Å². The molecule has 0 aliphatic carbocycles. The van der Waals surface area contributed by atoms with Crippen molar-refractivity contribution in [3.63, 3.8) is 0 Å². The number of anilines is 1. The number of carboxylic acid groups (broad SMARTS) is 1. The fourth-order valence-corrected chi connectivity index (χ4v) is 3.43. The van der Waals surface area contributed by atoms with Gasteiger partial charge in [-0.1, -0.05) is 0 Å². The van der Waals surface area contributed by atoms with E-state index in [2.05, 4.69) is 4.98 Å². The molecule has 2 rings (SSSR count). The predicted octanol–water partition coefficient (Wildman–Crippen LogP) is 2.23. The molecule has 0 bridgehead atoms. The van der Waals surface area contributed by atoms with Crippen LogP contribution in [0, 0.1) is 6.92 Å². The third-order valence-corrected chi connectivity index (χ3v) is 5.75. The normalized spacial score (nSPS) is 11.5. The van der Waals surface area contributed by atoms with E-state index in [4.69, 9.17) is 14.3 Å². The van der Waals surface area contributed by atoms with Gasteiger partial charge in [-0.15, -0.1) is 0 Å². The summed E-state index contributed by atoms with van der Waals surface area (Å²) in [5, 5.41) is 8.29. The quantitative estimate of drug-likeness (QED) is 0.708. The number of nitrogens with zero attached hydrogens (tertiary/aromatic N) is 2. The Labute approximate surface area is 152 Å². The molecule has 1 heterocycles. The Morgan fingerprint density at radius 1 is 1.31 bits per heavy atom. The monoisotopic (exact) mass is 382 g/mol. The van der Waals surface area contributed by atoms with Gasteiger partial charge in [0.2, 0.25) is 10.0 Å². The molecule has 0 amide bonds. The van der Waals surface area contributed by atoms with Gasteiger partial charge in [0.1, 0.15) is 18.6 Å². The average molecular weight is 382 g/mol. The Morgan fingerprint density at radius 2 is 1.96 bits per heavy atom. The molecule has 1 aromatic carbocycles.